The maximum absolute atomic E-state index is 12.9. The number of ketones is 1. The van der Waals surface area contributed by atoms with E-state index in [0.717, 1.165) is 116 Å². The third-order valence-corrected chi connectivity index (χ3v) is 13.1. The summed E-state index contributed by atoms with van der Waals surface area (Å²) in [6.07, 6.45) is 0. The van der Waals surface area contributed by atoms with Gasteiger partial charge in [-0.1, -0.05) is 27.1 Å². The van der Waals surface area contributed by atoms with Crippen LogP contribution in [-0.2, 0) is 22.6 Å². The van der Waals surface area contributed by atoms with Crippen LogP contribution in [0.25, 0.3) is 20.4 Å². The molecule has 300 valence electrons. The number of morpholine rings is 2. The predicted molar refractivity (Wildman–Crippen MR) is 237 cm³/mol. The second-order valence-electron chi connectivity index (χ2n) is 13.6. The second-order valence-corrected chi connectivity index (χ2v) is 16.1. The van der Waals surface area contributed by atoms with Crippen LogP contribution in [0.3, 0.4) is 0 Å². The SMILES string of the molecule is C.C.COc1ccc(C(=O)c2cc3cc(C)n(CCN4CCOCC4)c3s2)cc1.COc1ccc(C(=S)c2cc3cc(C)n(CCN4CCOCC4)c3s2)cc1. The fourth-order valence-corrected chi connectivity index (χ4v) is 9.72. The van der Waals surface area contributed by atoms with Crippen LogP contribution in [0.4, 0.5) is 0 Å². The Bertz CT molecular complexity index is 2030. The van der Waals surface area contributed by atoms with Gasteiger partial charge in [-0.15, -0.1) is 22.7 Å². The second kappa shape index (κ2) is 20.0. The average Bonchev–Trinajstić information content (AvgIpc) is 3.96. The van der Waals surface area contributed by atoms with Crippen LogP contribution >= 0.6 is 34.9 Å². The summed E-state index contributed by atoms with van der Waals surface area (Å²) in [6, 6.07) is 24.0. The van der Waals surface area contributed by atoms with Gasteiger partial charge in [0.2, 0.25) is 5.78 Å². The van der Waals surface area contributed by atoms with Crippen molar-refractivity contribution in [2.75, 3.05) is 79.9 Å². The van der Waals surface area contributed by atoms with Crippen molar-refractivity contribution in [3.63, 3.8) is 0 Å². The molecule has 0 saturated carbocycles. The van der Waals surface area contributed by atoms with E-state index < -0.39 is 0 Å². The summed E-state index contributed by atoms with van der Waals surface area (Å²) in [5.41, 5.74) is 4.31. The van der Waals surface area contributed by atoms with Crippen molar-refractivity contribution >= 4 is 66.0 Å². The van der Waals surface area contributed by atoms with Gasteiger partial charge in [0.1, 0.15) is 21.2 Å². The molecular weight excluding hydrogens is 761 g/mol. The Morgan fingerprint density at radius 3 is 1.48 bits per heavy atom. The zero-order valence-corrected chi connectivity index (χ0v) is 33.9. The lowest BCUT2D eigenvalue weighted by molar-refractivity contribution is 0.0364. The van der Waals surface area contributed by atoms with E-state index in [9.17, 15) is 4.79 Å². The molecule has 2 aromatic carbocycles. The molecule has 0 bridgehead atoms. The zero-order valence-electron chi connectivity index (χ0n) is 31.5. The summed E-state index contributed by atoms with van der Waals surface area (Å²) in [6.45, 7) is 15.7. The highest BCUT2D eigenvalue weighted by molar-refractivity contribution is 7.81. The summed E-state index contributed by atoms with van der Waals surface area (Å²) in [7, 11) is 3.30. The molecule has 0 unspecified atom stereocenters. The Kier molecular flexibility index (Phi) is 15.4. The largest absolute Gasteiger partial charge is 0.497 e. The first-order valence-corrected chi connectivity index (χ1v) is 20.5. The highest BCUT2D eigenvalue weighted by Crippen LogP contribution is 2.32. The summed E-state index contributed by atoms with van der Waals surface area (Å²) < 4.78 is 26.0. The van der Waals surface area contributed by atoms with E-state index in [1.165, 1.54) is 26.4 Å². The number of rotatable bonds is 12. The molecule has 0 atom stereocenters. The van der Waals surface area contributed by atoms with Gasteiger partial charge in [0.05, 0.1) is 50.4 Å². The van der Waals surface area contributed by atoms with E-state index in [2.05, 4.69) is 51.0 Å². The zero-order chi connectivity index (χ0) is 37.6. The van der Waals surface area contributed by atoms with Crippen molar-refractivity contribution in [2.45, 2.75) is 41.8 Å². The van der Waals surface area contributed by atoms with Crippen LogP contribution in [0.1, 0.15) is 51.9 Å². The third-order valence-electron chi connectivity index (χ3n) is 10.2. The molecule has 2 saturated heterocycles. The average molecular weight is 817 g/mol. The van der Waals surface area contributed by atoms with Gasteiger partial charge in [0, 0.05) is 85.0 Å². The monoisotopic (exact) mass is 816 g/mol. The number of carbonyl (C=O) groups excluding carboxylic acids is 1. The van der Waals surface area contributed by atoms with Crippen LogP contribution < -0.4 is 9.47 Å². The molecule has 4 aromatic heterocycles. The number of thiophene rings is 2. The first-order chi connectivity index (χ1) is 26.3. The molecule has 0 aliphatic carbocycles. The molecule has 2 aliphatic heterocycles. The van der Waals surface area contributed by atoms with Crippen molar-refractivity contribution in [1.29, 1.82) is 0 Å². The van der Waals surface area contributed by atoms with Gasteiger partial charge in [-0.2, -0.15) is 0 Å². The van der Waals surface area contributed by atoms with Gasteiger partial charge >= 0.3 is 0 Å². The fourth-order valence-electron chi connectivity index (χ4n) is 7.03. The molecule has 0 spiro atoms. The Hall–Kier alpha value is -3.88. The number of hydrogen-bond acceptors (Lipinski definition) is 10. The van der Waals surface area contributed by atoms with E-state index in [1.54, 1.807) is 36.9 Å². The van der Waals surface area contributed by atoms with Crippen LogP contribution in [-0.4, -0.2) is 109 Å². The molecule has 0 N–H and O–H groups in total. The molecule has 0 radical (unpaired) electrons. The molecule has 6 heterocycles. The van der Waals surface area contributed by atoms with Gasteiger partial charge in [-0.25, -0.2) is 0 Å². The lowest BCUT2D eigenvalue weighted by atomic mass is 10.1. The van der Waals surface area contributed by atoms with Crippen molar-refractivity contribution in [3.05, 3.63) is 105 Å². The molecule has 8 rings (SSSR count). The topological polar surface area (TPSA) is 70.3 Å². The van der Waals surface area contributed by atoms with Gasteiger partial charge < -0.3 is 28.1 Å². The van der Waals surface area contributed by atoms with Crippen molar-refractivity contribution in [2.24, 2.45) is 0 Å². The van der Waals surface area contributed by atoms with Crippen LogP contribution in [0.15, 0.2) is 72.8 Å². The fraction of sp³-hybridized carbons (Fsp3) is 0.409. The molecule has 9 nitrogen and oxygen atoms in total. The number of carbonyl (C=O) groups is 1. The summed E-state index contributed by atoms with van der Waals surface area (Å²) in [4.78, 5) is 23.1. The molecule has 56 heavy (non-hydrogen) atoms. The number of ether oxygens (including phenoxy) is 4. The summed E-state index contributed by atoms with van der Waals surface area (Å²) in [5, 5.41) is 2.43. The Balaban J connectivity index is 0.000000207. The van der Waals surface area contributed by atoms with Crippen LogP contribution in [0.5, 0.6) is 11.5 Å². The molecular formula is C44H56N4O5S3. The number of hydrogen-bond donors (Lipinski definition) is 0. The lowest BCUT2D eigenvalue weighted by Gasteiger charge is -2.26. The molecule has 2 fully saturated rings. The van der Waals surface area contributed by atoms with Gasteiger partial charge in [-0.05, 0) is 92.2 Å². The third kappa shape index (κ3) is 9.97. The molecule has 0 amide bonds. The van der Waals surface area contributed by atoms with E-state index in [4.69, 9.17) is 31.2 Å². The van der Waals surface area contributed by atoms with E-state index in [-0.39, 0.29) is 20.6 Å². The van der Waals surface area contributed by atoms with Crippen LogP contribution in [0, 0.1) is 13.8 Å². The van der Waals surface area contributed by atoms with Crippen molar-refractivity contribution in [1.82, 2.24) is 18.9 Å². The number of aryl methyl sites for hydroxylation is 2. The Morgan fingerprint density at radius 1 is 0.625 bits per heavy atom. The first-order valence-electron chi connectivity index (χ1n) is 18.5. The first kappa shape index (κ1) is 43.2. The lowest BCUT2D eigenvalue weighted by Crippen LogP contribution is -2.38. The number of methoxy groups -OCH3 is 2. The molecule has 2 aliphatic rings. The standard InChI is InChI=1S/C21H24N2O3S.C21H24N2O2S2.2CH4/c1-15-13-17-14-19(20(24)16-3-5-18(25-2)6-4-16)27-21(17)23(15)8-7-22-9-11-26-12-10-22;1-15-13-17-14-19(20(26)16-3-5-18(24-2)6-4-16)27-21(17)23(15)8-7-22-9-11-25-12-10-22;;/h2*3-6,13-14H,7-12H2,1-2H3;2*1H4. The minimum Gasteiger partial charge on any atom is -0.497 e. The van der Waals surface area contributed by atoms with Gasteiger partial charge in [0.25, 0.3) is 0 Å². The van der Waals surface area contributed by atoms with Crippen molar-refractivity contribution < 1.29 is 23.7 Å². The van der Waals surface area contributed by atoms with E-state index in [1.807, 2.05) is 54.6 Å². The van der Waals surface area contributed by atoms with Crippen molar-refractivity contribution in [3.8, 4) is 11.5 Å². The maximum atomic E-state index is 12.9. The Labute approximate surface area is 345 Å². The molecule has 12 heteroatoms. The minimum atomic E-state index is 0. The van der Waals surface area contributed by atoms with Gasteiger partial charge in [-0.3, -0.25) is 14.6 Å². The highest BCUT2D eigenvalue weighted by atomic mass is 32.1. The van der Waals surface area contributed by atoms with Crippen LogP contribution in [0.2, 0.25) is 0 Å². The predicted octanol–water partition coefficient (Wildman–Crippen LogP) is 8.97. The highest BCUT2D eigenvalue weighted by Gasteiger charge is 2.19. The number of thiocarbonyl (C=S) groups is 1. The number of nitrogens with zero attached hydrogens (tertiary/aromatic N) is 4. The quantitative estimate of drug-likeness (QED) is 0.0897. The molecule has 6 aromatic rings. The Morgan fingerprint density at radius 2 is 1.04 bits per heavy atom. The normalized spacial score (nSPS) is 14.8. The van der Waals surface area contributed by atoms with E-state index in [0.29, 0.717) is 5.56 Å². The maximum Gasteiger partial charge on any atom is 0.203 e. The van der Waals surface area contributed by atoms with Gasteiger partial charge in [0.15, 0.2) is 0 Å². The van der Waals surface area contributed by atoms with E-state index >= 15 is 0 Å². The smallest absolute Gasteiger partial charge is 0.203 e. The summed E-state index contributed by atoms with van der Waals surface area (Å²) >= 11 is 9.13. The summed E-state index contributed by atoms with van der Waals surface area (Å²) in [5.74, 6) is 1.67. The number of fused-ring (bicyclic) bond motifs is 2. The number of aromatic nitrogens is 2. The number of benzene rings is 2. The minimum absolute atomic E-state index is 0.